The van der Waals surface area contributed by atoms with Gasteiger partial charge in [0.15, 0.2) is 0 Å². The molecular weight excluding hydrogens is 262 g/mol. The van der Waals surface area contributed by atoms with Crippen LogP contribution < -0.4 is 5.32 Å². The first-order valence-electron chi connectivity index (χ1n) is 8.19. The second kappa shape index (κ2) is 7.97. The molecule has 0 heterocycles. The van der Waals surface area contributed by atoms with E-state index in [0.29, 0.717) is 6.04 Å². The fourth-order valence-electron chi connectivity index (χ4n) is 3.23. The van der Waals surface area contributed by atoms with Crippen LogP contribution in [0.25, 0.3) is 0 Å². The Morgan fingerprint density at radius 2 is 1.95 bits per heavy atom. The van der Waals surface area contributed by atoms with Crippen molar-refractivity contribution in [3.63, 3.8) is 0 Å². The van der Waals surface area contributed by atoms with Crippen LogP contribution >= 0.6 is 11.8 Å². The maximum atomic E-state index is 3.81. The summed E-state index contributed by atoms with van der Waals surface area (Å²) in [6.07, 6.45) is 6.84. The molecule has 1 saturated carbocycles. The van der Waals surface area contributed by atoms with E-state index in [0.717, 1.165) is 17.6 Å². The third-order valence-electron chi connectivity index (χ3n) is 4.50. The molecule has 2 atom stereocenters. The smallest absolute Gasteiger partial charge is 0.0480 e. The molecule has 1 N–H and O–H groups in total. The van der Waals surface area contributed by atoms with Crippen LogP contribution in [-0.4, -0.2) is 11.8 Å². The zero-order valence-electron chi connectivity index (χ0n) is 13.2. The molecule has 0 saturated heterocycles. The Morgan fingerprint density at radius 1 is 1.15 bits per heavy atom. The van der Waals surface area contributed by atoms with Crippen molar-refractivity contribution >= 4 is 17.4 Å². The van der Waals surface area contributed by atoms with Crippen LogP contribution in [0.1, 0.15) is 52.9 Å². The number of nitrogens with one attached hydrogen (secondary N) is 1. The van der Waals surface area contributed by atoms with E-state index in [1.807, 2.05) is 11.8 Å². The van der Waals surface area contributed by atoms with Crippen LogP contribution in [0.15, 0.2) is 29.2 Å². The monoisotopic (exact) mass is 291 g/mol. The third kappa shape index (κ3) is 4.44. The summed E-state index contributed by atoms with van der Waals surface area (Å²) >= 11 is 1.94. The summed E-state index contributed by atoms with van der Waals surface area (Å²) in [4.78, 5) is 1.40. The Balaban J connectivity index is 1.96. The summed E-state index contributed by atoms with van der Waals surface area (Å²) < 4.78 is 0. The molecule has 0 radical (unpaired) electrons. The summed E-state index contributed by atoms with van der Waals surface area (Å²) in [5.74, 6) is 2.91. The zero-order valence-corrected chi connectivity index (χ0v) is 14.0. The van der Waals surface area contributed by atoms with Gasteiger partial charge in [0.25, 0.3) is 0 Å². The van der Waals surface area contributed by atoms with E-state index in [1.54, 1.807) is 0 Å². The highest BCUT2D eigenvalue weighted by Gasteiger charge is 2.21. The first-order valence-corrected chi connectivity index (χ1v) is 9.17. The van der Waals surface area contributed by atoms with Gasteiger partial charge in [-0.25, -0.2) is 0 Å². The van der Waals surface area contributed by atoms with E-state index in [2.05, 4.69) is 50.4 Å². The Morgan fingerprint density at radius 3 is 2.70 bits per heavy atom. The number of hydrogen-bond donors (Lipinski definition) is 1. The number of benzene rings is 1. The van der Waals surface area contributed by atoms with Gasteiger partial charge >= 0.3 is 0 Å². The van der Waals surface area contributed by atoms with E-state index >= 15 is 0 Å². The van der Waals surface area contributed by atoms with Gasteiger partial charge < -0.3 is 5.32 Å². The topological polar surface area (TPSA) is 12.0 Å². The Bertz CT molecular complexity index is 402. The number of para-hydroxylation sites is 1. The molecule has 2 unspecified atom stereocenters. The van der Waals surface area contributed by atoms with Gasteiger partial charge in [0.05, 0.1) is 0 Å². The molecule has 1 aromatic rings. The van der Waals surface area contributed by atoms with E-state index in [-0.39, 0.29) is 0 Å². The van der Waals surface area contributed by atoms with Crippen molar-refractivity contribution in [2.45, 2.75) is 63.8 Å². The second-order valence-corrected chi connectivity index (χ2v) is 7.59. The van der Waals surface area contributed by atoms with Gasteiger partial charge in [-0.1, -0.05) is 45.7 Å². The first-order chi connectivity index (χ1) is 9.70. The molecular formula is C18H29NS. The molecule has 0 aliphatic heterocycles. The number of thioether (sulfide) groups is 1. The van der Waals surface area contributed by atoms with Crippen molar-refractivity contribution in [1.82, 2.24) is 0 Å². The van der Waals surface area contributed by atoms with E-state index in [4.69, 9.17) is 0 Å². The lowest BCUT2D eigenvalue weighted by Crippen LogP contribution is -2.19. The minimum atomic E-state index is 0.664. The van der Waals surface area contributed by atoms with Crippen LogP contribution in [0.4, 0.5) is 5.69 Å². The highest BCUT2D eigenvalue weighted by Crippen LogP contribution is 2.32. The standard InChI is InChI=1S/C18H29NS/c1-4-20-18-11-6-5-10-17(18)19-16-9-7-8-15(12-13-16)14(2)3/h5-6,10-11,14-16,19H,4,7-9,12-13H2,1-3H3. The predicted octanol–water partition coefficient (Wildman–Crippen LogP) is 5.82. The van der Waals surface area contributed by atoms with Gasteiger partial charge in [-0.2, -0.15) is 0 Å². The number of hydrogen-bond acceptors (Lipinski definition) is 2. The lowest BCUT2D eigenvalue weighted by molar-refractivity contribution is 0.341. The predicted molar refractivity (Wildman–Crippen MR) is 91.7 cm³/mol. The maximum absolute atomic E-state index is 3.81. The maximum Gasteiger partial charge on any atom is 0.0480 e. The largest absolute Gasteiger partial charge is 0.381 e. The van der Waals surface area contributed by atoms with Gasteiger partial charge in [-0.15, -0.1) is 11.8 Å². The molecule has 2 heteroatoms. The van der Waals surface area contributed by atoms with Gasteiger partial charge in [-0.05, 0) is 49.0 Å². The summed E-state index contributed by atoms with van der Waals surface area (Å²) in [6.45, 7) is 6.98. The molecule has 1 fully saturated rings. The minimum absolute atomic E-state index is 0.664. The highest BCUT2D eigenvalue weighted by molar-refractivity contribution is 7.99. The van der Waals surface area contributed by atoms with Gasteiger partial charge in [-0.3, -0.25) is 0 Å². The van der Waals surface area contributed by atoms with E-state index in [1.165, 1.54) is 42.7 Å². The molecule has 112 valence electrons. The normalized spacial score (nSPS) is 23.6. The molecule has 1 nitrogen and oxygen atoms in total. The molecule has 1 aromatic carbocycles. The molecule has 0 bridgehead atoms. The summed E-state index contributed by atoms with van der Waals surface area (Å²) in [5.41, 5.74) is 1.34. The van der Waals surface area contributed by atoms with Crippen molar-refractivity contribution in [2.75, 3.05) is 11.1 Å². The van der Waals surface area contributed by atoms with Crippen LogP contribution in [0.2, 0.25) is 0 Å². The van der Waals surface area contributed by atoms with E-state index < -0.39 is 0 Å². The molecule has 0 aromatic heterocycles. The fraction of sp³-hybridized carbons (Fsp3) is 0.667. The highest BCUT2D eigenvalue weighted by atomic mass is 32.2. The van der Waals surface area contributed by atoms with Crippen molar-refractivity contribution in [2.24, 2.45) is 11.8 Å². The summed E-state index contributed by atoms with van der Waals surface area (Å²) in [5, 5.41) is 3.81. The number of anilines is 1. The Hall–Kier alpha value is -0.630. The van der Waals surface area contributed by atoms with E-state index in [9.17, 15) is 0 Å². The zero-order chi connectivity index (χ0) is 14.4. The van der Waals surface area contributed by atoms with Gasteiger partial charge in [0.1, 0.15) is 0 Å². The third-order valence-corrected chi connectivity index (χ3v) is 5.46. The molecule has 0 spiro atoms. The first kappa shape index (κ1) is 15.8. The minimum Gasteiger partial charge on any atom is -0.381 e. The Kier molecular flexibility index (Phi) is 6.28. The fourth-order valence-corrected chi connectivity index (χ4v) is 4.00. The summed E-state index contributed by atoms with van der Waals surface area (Å²) in [7, 11) is 0. The van der Waals surface area contributed by atoms with Crippen LogP contribution in [0.5, 0.6) is 0 Å². The second-order valence-electron chi connectivity index (χ2n) is 6.28. The average Bonchev–Trinajstić information content (AvgIpc) is 2.67. The Labute approximate surface area is 128 Å². The molecule has 1 aliphatic rings. The molecule has 20 heavy (non-hydrogen) atoms. The van der Waals surface area contributed by atoms with Crippen molar-refractivity contribution in [1.29, 1.82) is 0 Å². The average molecular weight is 292 g/mol. The molecule has 1 aliphatic carbocycles. The number of rotatable bonds is 5. The van der Waals surface area contributed by atoms with Crippen molar-refractivity contribution in [3.8, 4) is 0 Å². The van der Waals surface area contributed by atoms with Gasteiger partial charge in [0, 0.05) is 16.6 Å². The SMILES string of the molecule is CCSc1ccccc1NC1CCCC(C(C)C)CC1. The van der Waals surface area contributed by atoms with Crippen molar-refractivity contribution < 1.29 is 0 Å². The van der Waals surface area contributed by atoms with Crippen LogP contribution in [0.3, 0.4) is 0 Å². The van der Waals surface area contributed by atoms with Crippen LogP contribution in [0, 0.1) is 11.8 Å². The van der Waals surface area contributed by atoms with Crippen LogP contribution in [-0.2, 0) is 0 Å². The summed E-state index contributed by atoms with van der Waals surface area (Å²) in [6, 6.07) is 9.44. The lowest BCUT2D eigenvalue weighted by atomic mass is 9.89. The van der Waals surface area contributed by atoms with Gasteiger partial charge in [0.2, 0.25) is 0 Å². The molecule has 2 rings (SSSR count). The lowest BCUT2D eigenvalue weighted by Gasteiger charge is -2.21. The quantitative estimate of drug-likeness (QED) is 0.542. The van der Waals surface area contributed by atoms with Crippen molar-refractivity contribution in [3.05, 3.63) is 24.3 Å². The molecule has 0 amide bonds.